The van der Waals surface area contributed by atoms with Crippen LogP contribution in [0, 0.1) is 3.57 Å². The zero-order valence-electron chi connectivity index (χ0n) is 18.4. The van der Waals surface area contributed by atoms with E-state index in [1.807, 2.05) is 49.4 Å². The van der Waals surface area contributed by atoms with Crippen molar-refractivity contribution in [2.24, 2.45) is 0 Å². The molecule has 0 aliphatic heterocycles. The normalized spacial score (nSPS) is 15.1. The Balaban J connectivity index is 1.75. The van der Waals surface area contributed by atoms with Crippen molar-refractivity contribution in [1.82, 2.24) is 10.2 Å². The summed E-state index contributed by atoms with van der Waals surface area (Å²) in [7, 11) is 0. The van der Waals surface area contributed by atoms with Gasteiger partial charge in [-0.15, -0.1) is 0 Å². The molecule has 0 bridgehead atoms. The average molecular weight is 569 g/mol. The van der Waals surface area contributed by atoms with E-state index in [1.54, 1.807) is 11.0 Å². The van der Waals surface area contributed by atoms with Crippen molar-refractivity contribution in [3.05, 3.63) is 62.7 Å². The summed E-state index contributed by atoms with van der Waals surface area (Å²) in [4.78, 5) is 28.1. The Hall–Kier alpha value is -1.80. The third-order valence-electron chi connectivity index (χ3n) is 5.81. The van der Waals surface area contributed by atoms with Crippen LogP contribution >= 0.6 is 34.2 Å². The van der Waals surface area contributed by atoms with Crippen LogP contribution in [0.1, 0.15) is 51.0 Å². The maximum atomic E-state index is 13.3. The van der Waals surface area contributed by atoms with Gasteiger partial charge in [-0.2, -0.15) is 0 Å². The molecule has 3 rings (SSSR count). The van der Waals surface area contributed by atoms with Crippen molar-refractivity contribution < 1.29 is 14.3 Å². The summed E-state index contributed by atoms with van der Waals surface area (Å²) in [6.45, 7) is 2.04. The van der Waals surface area contributed by atoms with Crippen LogP contribution in [0.3, 0.4) is 0 Å². The molecule has 7 heteroatoms. The van der Waals surface area contributed by atoms with Crippen molar-refractivity contribution in [1.29, 1.82) is 0 Å². The van der Waals surface area contributed by atoms with E-state index < -0.39 is 6.04 Å². The van der Waals surface area contributed by atoms with Crippen LogP contribution in [0.15, 0.2) is 48.5 Å². The van der Waals surface area contributed by atoms with Crippen molar-refractivity contribution in [2.45, 2.75) is 64.1 Å². The first-order valence-corrected chi connectivity index (χ1v) is 12.6. The fraction of sp³-hybridized carbons (Fsp3) is 0.440. The standard InChI is InChI=1S/C25H30ClIN2O3/c1-2-23(25(31)28-20-9-4-3-5-10-20)29(16-18-8-6-7-11-22(18)26)24(30)17-32-21-14-12-19(27)13-15-21/h6-8,11-15,20,23H,2-5,9-10,16-17H2,1H3,(H,28,31)/t23-/m1/s1. The number of rotatable bonds is 9. The number of benzene rings is 2. The van der Waals surface area contributed by atoms with E-state index in [1.165, 1.54) is 6.42 Å². The Morgan fingerprint density at radius 2 is 1.81 bits per heavy atom. The molecule has 1 atom stereocenters. The molecule has 0 saturated heterocycles. The molecule has 1 fully saturated rings. The van der Waals surface area contributed by atoms with Crippen molar-refractivity contribution in [2.75, 3.05) is 6.61 Å². The largest absolute Gasteiger partial charge is 0.484 e. The zero-order chi connectivity index (χ0) is 22.9. The third kappa shape index (κ3) is 7.10. The SMILES string of the molecule is CC[C@H](C(=O)NC1CCCCC1)N(Cc1ccccc1Cl)C(=O)COc1ccc(I)cc1. The van der Waals surface area contributed by atoms with E-state index in [0.29, 0.717) is 17.2 Å². The third-order valence-corrected chi connectivity index (χ3v) is 6.90. The maximum absolute atomic E-state index is 13.3. The Kier molecular flexibility index (Phi) is 9.66. The minimum atomic E-state index is -0.582. The first-order valence-electron chi connectivity index (χ1n) is 11.2. The lowest BCUT2D eigenvalue weighted by Crippen LogP contribution is -2.52. The Morgan fingerprint density at radius 1 is 1.12 bits per heavy atom. The molecule has 1 N–H and O–H groups in total. The van der Waals surface area contributed by atoms with Crippen molar-refractivity contribution in [3.63, 3.8) is 0 Å². The highest BCUT2D eigenvalue weighted by atomic mass is 127. The number of ether oxygens (including phenoxy) is 1. The number of hydrogen-bond acceptors (Lipinski definition) is 3. The lowest BCUT2D eigenvalue weighted by molar-refractivity contribution is -0.143. The van der Waals surface area contributed by atoms with Gasteiger partial charge in [-0.3, -0.25) is 9.59 Å². The molecule has 0 heterocycles. The molecule has 2 aromatic rings. The van der Waals surface area contributed by atoms with E-state index in [0.717, 1.165) is 34.8 Å². The number of nitrogens with one attached hydrogen (secondary N) is 1. The van der Waals surface area contributed by atoms with E-state index in [9.17, 15) is 9.59 Å². The molecule has 172 valence electrons. The molecule has 0 unspecified atom stereocenters. The smallest absolute Gasteiger partial charge is 0.261 e. The van der Waals surface area contributed by atoms with Gasteiger partial charge >= 0.3 is 0 Å². The summed E-state index contributed by atoms with van der Waals surface area (Å²) < 4.78 is 6.83. The first-order chi connectivity index (χ1) is 15.5. The van der Waals surface area contributed by atoms with E-state index >= 15 is 0 Å². The van der Waals surface area contributed by atoms with Crippen LogP contribution in [0.2, 0.25) is 5.02 Å². The summed E-state index contributed by atoms with van der Waals surface area (Å²) in [6, 6.07) is 14.5. The zero-order valence-corrected chi connectivity index (χ0v) is 21.3. The second kappa shape index (κ2) is 12.4. The van der Waals surface area contributed by atoms with Crippen molar-refractivity contribution >= 4 is 46.0 Å². The minimum Gasteiger partial charge on any atom is -0.484 e. The first kappa shape index (κ1) is 24.8. The molecule has 0 spiro atoms. The number of amides is 2. The maximum Gasteiger partial charge on any atom is 0.261 e. The predicted molar refractivity (Wildman–Crippen MR) is 136 cm³/mol. The summed E-state index contributed by atoms with van der Waals surface area (Å²) in [6.07, 6.45) is 5.99. The Morgan fingerprint density at radius 3 is 2.47 bits per heavy atom. The lowest BCUT2D eigenvalue weighted by Gasteiger charge is -2.33. The van der Waals surface area contributed by atoms with Gasteiger partial charge in [-0.1, -0.05) is 56.0 Å². The highest BCUT2D eigenvalue weighted by Crippen LogP contribution is 2.22. The van der Waals surface area contributed by atoms with Gasteiger partial charge in [0.15, 0.2) is 6.61 Å². The molecular weight excluding hydrogens is 539 g/mol. The monoisotopic (exact) mass is 568 g/mol. The summed E-state index contributed by atoms with van der Waals surface area (Å²) >= 11 is 8.59. The summed E-state index contributed by atoms with van der Waals surface area (Å²) in [5, 5.41) is 3.75. The van der Waals surface area contributed by atoms with E-state index in [2.05, 4.69) is 27.9 Å². The number of carbonyl (C=O) groups is 2. The molecule has 1 aliphatic carbocycles. The van der Waals surface area contributed by atoms with Crippen LogP contribution in [0.25, 0.3) is 0 Å². The minimum absolute atomic E-state index is 0.103. The van der Waals surface area contributed by atoms with Crippen molar-refractivity contribution in [3.8, 4) is 5.75 Å². The van der Waals surface area contributed by atoms with Gasteiger partial charge in [-0.25, -0.2) is 0 Å². The van der Waals surface area contributed by atoms with Crippen LogP contribution in [0.5, 0.6) is 5.75 Å². The van der Waals surface area contributed by atoms with Gasteiger partial charge in [0.05, 0.1) is 0 Å². The quantitative estimate of drug-likeness (QED) is 0.402. The number of halogens is 2. The average Bonchev–Trinajstić information content (AvgIpc) is 2.80. The Labute approximate surface area is 209 Å². The highest BCUT2D eigenvalue weighted by molar-refractivity contribution is 14.1. The number of hydrogen-bond donors (Lipinski definition) is 1. The van der Waals surface area contributed by atoms with Crippen LogP contribution < -0.4 is 10.1 Å². The van der Waals surface area contributed by atoms with Crippen LogP contribution in [-0.2, 0) is 16.1 Å². The van der Waals surface area contributed by atoms with Gasteiger partial charge in [0.25, 0.3) is 5.91 Å². The van der Waals surface area contributed by atoms with Gasteiger partial charge in [0, 0.05) is 21.2 Å². The fourth-order valence-corrected chi connectivity index (χ4v) is 4.59. The van der Waals surface area contributed by atoms with E-state index in [-0.39, 0.29) is 31.0 Å². The topological polar surface area (TPSA) is 58.6 Å². The highest BCUT2D eigenvalue weighted by Gasteiger charge is 2.31. The molecule has 0 radical (unpaired) electrons. The second-order valence-corrected chi connectivity index (χ2v) is 9.78. The molecular formula is C25H30ClIN2O3. The van der Waals surface area contributed by atoms with Crippen LogP contribution in [-0.4, -0.2) is 35.4 Å². The van der Waals surface area contributed by atoms with Gasteiger partial charge in [0.2, 0.25) is 5.91 Å². The molecule has 5 nitrogen and oxygen atoms in total. The van der Waals surface area contributed by atoms with Crippen LogP contribution in [0.4, 0.5) is 0 Å². The van der Waals surface area contributed by atoms with Gasteiger partial charge in [0.1, 0.15) is 11.8 Å². The number of nitrogens with zero attached hydrogens (tertiary/aromatic N) is 1. The molecule has 0 aromatic heterocycles. The summed E-state index contributed by atoms with van der Waals surface area (Å²) in [5.74, 6) is 0.277. The van der Waals surface area contributed by atoms with Gasteiger partial charge in [-0.05, 0) is 77.7 Å². The number of carbonyl (C=O) groups excluding carboxylic acids is 2. The van der Waals surface area contributed by atoms with E-state index in [4.69, 9.17) is 16.3 Å². The molecule has 1 saturated carbocycles. The predicted octanol–water partition coefficient (Wildman–Crippen LogP) is 5.58. The molecule has 2 aromatic carbocycles. The molecule has 2 amide bonds. The fourth-order valence-electron chi connectivity index (χ4n) is 4.03. The lowest BCUT2D eigenvalue weighted by atomic mass is 9.95. The second-order valence-electron chi connectivity index (χ2n) is 8.12. The summed E-state index contributed by atoms with van der Waals surface area (Å²) in [5.41, 5.74) is 0.806. The van der Waals surface area contributed by atoms with Gasteiger partial charge < -0.3 is 15.0 Å². The molecule has 32 heavy (non-hydrogen) atoms. The Bertz CT molecular complexity index is 900. The molecule has 1 aliphatic rings.